The Labute approximate surface area is 87.9 Å². The fraction of sp³-hybridized carbons (Fsp3) is 0.182. The van der Waals surface area contributed by atoms with E-state index in [9.17, 15) is 5.11 Å². The number of thioether (sulfide) groups is 1. The average Bonchev–Trinajstić information content (AvgIpc) is 2.27. The summed E-state index contributed by atoms with van der Waals surface area (Å²) in [6.45, 7) is 3.48. The highest BCUT2D eigenvalue weighted by Gasteiger charge is 2.10. The largest absolute Gasteiger partial charge is 0.383 e. The first kappa shape index (κ1) is 10.8. The van der Waals surface area contributed by atoms with E-state index < -0.39 is 6.10 Å². The Kier molecular flexibility index (Phi) is 3.75. The van der Waals surface area contributed by atoms with Crippen LogP contribution in [0.1, 0.15) is 11.7 Å². The highest BCUT2D eigenvalue weighted by molar-refractivity contribution is 7.98. The zero-order chi connectivity index (χ0) is 10.6. The smallest absolute Gasteiger partial charge is 0.113 e. The summed E-state index contributed by atoms with van der Waals surface area (Å²) in [7, 11) is 0. The van der Waals surface area contributed by atoms with Crippen LogP contribution in [0.4, 0.5) is 0 Å². The van der Waals surface area contributed by atoms with Crippen molar-refractivity contribution in [3.05, 3.63) is 42.0 Å². The van der Waals surface area contributed by atoms with Crippen LogP contribution in [0.3, 0.4) is 0 Å². The molecule has 1 atom stereocenters. The molecule has 0 bridgehead atoms. The molecular weight excluding hydrogens is 194 g/mol. The Morgan fingerprint density at radius 3 is 2.50 bits per heavy atom. The molecule has 1 unspecified atom stereocenters. The van der Waals surface area contributed by atoms with Crippen molar-refractivity contribution in [3.8, 4) is 6.07 Å². The van der Waals surface area contributed by atoms with Crippen molar-refractivity contribution in [1.82, 2.24) is 0 Å². The van der Waals surface area contributed by atoms with E-state index >= 15 is 0 Å². The fourth-order valence-electron chi connectivity index (χ4n) is 1.05. The van der Waals surface area contributed by atoms with E-state index in [1.807, 2.05) is 24.5 Å². The number of rotatable bonds is 3. The molecule has 0 saturated carbocycles. The second kappa shape index (κ2) is 4.85. The number of nitrogens with zero attached hydrogens (tertiary/aromatic N) is 1. The predicted molar refractivity (Wildman–Crippen MR) is 57.9 cm³/mol. The summed E-state index contributed by atoms with van der Waals surface area (Å²) in [4.78, 5) is 1.13. The minimum atomic E-state index is -0.879. The Bertz CT molecular complexity index is 364. The quantitative estimate of drug-likeness (QED) is 0.609. The number of hydrogen-bond acceptors (Lipinski definition) is 3. The van der Waals surface area contributed by atoms with Crippen LogP contribution in [0.2, 0.25) is 0 Å². The summed E-state index contributed by atoms with van der Waals surface area (Å²) in [5.74, 6) is 0. The molecule has 0 aliphatic carbocycles. The monoisotopic (exact) mass is 205 g/mol. The van der Waals surface area contributed by atoms with Crippen LogP contribution in [0.15, 0.2) is 41.3 Å². The summed E-state index contributed by atoms with van der Waals surface area (Å²) >= 11 is 1.63. The van der Waals surface area contributed by atoms with Gasteiger partial charge in [0, 0.05) is 4.90 Å². The second-order valence-electron chi connectivity index (χ2n) is 2.81. The van der Waals surface area contributed by atoms with Gasteiger partial charge in [0.15, 0.2) is 0 Å². The highest BCUT2D eigenvalue weighted by Crippen LogP contribution is 2.22. The van der Waals surface area contributed by atoms with Crippen LogP contribution in [0.25, 0.3) is 0 Å². The van der Waals surface area contributed by atoms with Gasteiger partial charge in [-0.25, -0.2) is 0 Å². The first-order valence-corrected chi connectivity index (χ1v) is 5.32. The van der Waals surface area contributed by atoms with Crippen molar-refractivity contribution >= 4 is 11.8 Å². The van der Waals surface area contributed by atoms with E-state index in [0.717, 1.165) is 4.90 Å². The van der Waals surface area contributed by atoms with Gasteiger partial charge in [0.05, 0.1) is 11.6 Å². The van der Waals surface area contributed by atoms with Crippen molar-refractivity contribution < 1.29 is 5.11 Å². The predicted octanol–water partition coefficient (Wildman–Crippen LogP) is 2.52. The minimum absolute atomic E-state index is 0.168. The molecule has 0 aliphatic heterocycles. The van der Waals surface area contributed by atoms with Crippen LogP contribution in [0.5, 0.6) is 0 Å². The number of benzene rings is 1. The summed E-state index contributed by atoms with van der Waals surface area (Å²) in [5, 5.41) is 18.2. The molecule has 0 aromatic heterocycles. The normalized spacial score (nSPS) is 11.8. The van der Waals surface area contributed by atoms with Gasteiger partial charge in [-0.1, -0.05) is 18.7 Å². The van der Waals surface area contributed by atoms with Crippen LogP contribution in [-0.2, 0) is 0 Å². The summed E-state index contributed by atoms with van der Waals surface area (Å²) in [6.07, 6.45) is 1.11. The maximum absolute atomic E-state index is 9.62. The van der Waals surface area contributed by atoms with E-state index in [1.165, 1.54) is 0 Å². The van der Waals surface area contributed by atoms with Gasteiger partial charge < -0.3 is 5.11 Å². The van der Waals surface area contributed by atoms with E-state index in [2.05, 4.69) is 6.58 Å². The van der Waals surface area contributed by atoms with Crippen LogP contribution >= 0.6 is 11.8 Å². The van der Waals surface area contributed by atoms with E-state index in [1.54, 1.807) is 23.9 Å². The first-order valence-electron chi connectivity index (χ1n) is 4.10. The Hall–Kier alpha value is -1.24. The molecule has 0 saturated heterocycles. The third kappa shape index (κ3) is 2.38. The Morgan fingerprint density at radius 1 is 1.50 bits per heavy atom. The first-order chi connectivity index (χ1) is 6.69. The van der Waals surface area contributed by atoms with Gasteiger partial charge in [-0.3, -0.25) is 0 Å². The SMILES string of the molecule is C=C(C#N)C(O)c1ccc(SC)cc1. The molecule has 1 aromatic rings. The molecule has 1 aromatic carbocycles. The minimum Gasteiger partial charge on any atom is -0.383 e. The van der Waals surface area contributed by atoms with Gasteiger partial charge in [0.1, 0.15) is 6.10 Å². The van der Waals surface area contributed by atoms with E-state index in [0.29, 0.717) is 5.56 Å². The van der Waals surface area contributed by atoms with Gasteiger partial charge in [-0.2, -0.15) is 5.26 Å². The molecule has 0 aliphatic rings. The lowest BCUT2D eigenvalue weighted by atomic mass is 10.0. The molecule has 0 radical (unpaired) electrons. The zero-order valence-electron chi connectivity index (χ0n) is 7.90. The molecule has 2 nitrogen and oxygen atoms in total. The van der Waals surface area contributed by atoms with E-state index in [-0.39, 0.29) is 5.57 Å². The van der Waals surface area contributed by atoms with Crippen molar-refractivity contribution in [2.45, 2.75) is 11.0 Å². The molecule has 3 heteroatoms. The van der Waals surface area contributed by atoms with E-state index in [4.69, 9.17) is 5.26 Å². The van der Waals surface area contributed by atoms with Gasteiger partial charge >= 0.3 is 0 Å². The van der Waals surface area contributed by atoms with Crippen molar-refractivity contribution in [2.75, 3.05) is 6.26 Å². The van der Waals surface area contributed by atoms with Gasteiger partial charge in [0.25, 0.3) is 0 Å². The average molecular weight is 205 g/mol. The van der Waals surface area contributed by atoms with Crippen molar-refractivity contribution in [1.29, 1.82) is 5.26 Å². The van der Waals surface area contributed by atoms with Gasteiger partial charge in [-0.05, 0) is 24.0 Å². The van der Waals surface area contributed by atoms with Gasteiger partial charge in [0.2, 0.25) is 0 Å². The Morgan fingerprint density at radius 2 is 2.07 bits per heavy atom. The zero-order valence-corrected chi connectivity index (χ0v) is 8.71. The fourth-order valence-corrected chi connectivity index (χ4v) is 1.46. The molecule has 0 heterocycles. The number of aliphatic hydroxyl groups excluding tert-OH is 1. The molecule has 0 spiro atoms. The molecule has 72 valence electrons. The number of hydrogen-bond donors (Lipinski definition) is 1. The summed E-state index contributed by atoms with van der Waals surface area (Å²) in [6, 6.07) is 9.27. The van der Waals surface area contributed by atoms with Crippen molar-refractivity contribution in [2.24, 2.45) is 0 Å². The lowest BCUT2D eigenvalue weighted by molar-refractivity contribution is 0.221. The molecule has 0 fully saturated rings. The summed E-state index contributed by atoms with van der Waals surface area (Å²) in [5.41, 5.74) is 0.872. The molecule has 14 heavy (non-hydrogen) atoms. The van der Waals surface area contributed by atoms with Gasteiger partial charge in [-0.15, -0.1) is 11.8 Å². The standard InChI is InChI=1S/C11H11NOS/c1-8(7-12)11(13)9-3-5-10(14-2)6-4-9/h3-6,11,13H,1H2,2H3. The number of nitriles is 1. The highest BCUT2D eigenvalue weighted by atomic mass is 32.2. The molecule has 1 N–H and O–H groups in total. The topological polar surface area (TPSA) is 44.0 Å². The maximum atomic E-state index is 9.62. The lowest BCUT2D eigenvalue weighted by Crippen LogP contribution is -1.98. The number of aliphatic hydroxyl groups is 1. The van der Waals surface area contributed by atoms with Crippen LogP contribution in [0, 0.1) is 11.3 Å². The summed E-state index contributed by atoms with van der Waals surface area (Å²) < 4.78 is 0. The van der Waals surface area contributed by atoms with Crippen molar-refractivity contribution in [3.63, 3.8) is 0 Å². The molecule has 1 rings (SSSR count). The maximum Gasteiger partial charge on any atom is 0.113 e. The second-order valence-corrected chi connectivity index (χ2v) is 3.69. The molecule has 0 amide bonds. The molecular formula is C11H11NOS. The third-order valence-electron chi connectivity index (χ3n) is 1.91. The third-order valence-corrected chi connectivity index (χ3v) is 2.65. The van der Waals surface area contributed by atoms with Crippen LogP contribution in [-0.4, -0.2) is 11.4 Å². The lowest BCUT2D eigenvalue weighted by Gasteiger charge is -2.08. The van der Waals surface area contributed by atoms with Crippen LogP contribution < -0.4 is 0 Å². The Balaban J connectivity index is 2.88.